The molecule has 0 spiro atoms. The van der Waals surface area contributed by atoms with Gasteiger partial charge < -0.3 is 4.74 Å². The van der Waals surface area contributed by atoms with E-state index in [1.807, 2.05) is 18.2 Å². The second kappa shape index (κ2) is 7.16. The quantitative estimate of drug-likeness (QED) is 0.537. The van der Waals surface area contributed by atoms with Crippen LogP contribution < -0.4 is 14.5 Å². The monoisotopic (exact) mass is 358 g/mol. The van der Waals surface area contributed by atoms with Crippen molar-refractivity contribution >= 4 is 11.5 Å². The number of hydrogen-bond donors (Lipinski definition) is 1. The Morgan fingerprint density at radius 3 is 2.44 bits per heavy atom. The van der Waals surface area contributed by atoms with Crippen LogP contribution in [0.3, 0.4) is 0 Å². The van der Waals surface area contributed by atoms with Crippen LogP contribution in [0.1, 0.15) is 11.1 Å². The van der Waals surface area contributed by atoms with E-state index in [4.69, 9.17) is 4.74 Å². The number of nitrogens with zero attached hydrogens (tertiary/aromatic N) is 2. The zero-order chi connectivity index (χ0) is 18.8. The van der Waals surface area contributed by atoms with Crippen molar-refractivity contribution in [3.05, 3.63) is 84.1 Å². The Morgan fingerprint density at radius 2 is 1.74 bits per heavy atom. The molecule has 0 aliphatic rings. The summed E-state index contributed by atoms with van der Waals surface area (Å²) in [5, 5.41) is 3.65. The third kappa shape index (κ3) is 3.26. The summed E-state index contributed by atoms with van der Waals surface area (Å²) in [6.45, 7) is 2.89. The van der Waals surface area contributed by atoms with Gasteiger partial charge in [0, 0.05) is 11.6 Å². The first-order valence-electron chi connectivity index (χ1n) is 9.10. The average molecular weight is 358 g/mol. The highest BCUT2D eigenvalue weighted by molar-refractivity contribution is 5.73. The fraction of sp³-hybridized carbons (Fsp3) is 0.174. The van der Waals surface area contributed by atoms with Crippen molar-refractivity contribution in [2.45, 2.75) is 13.5 Å². The van der Waals surface area contributed by atoms with Gasteiger partial charge in [-0.25, -0.2) is 4.40 Å². The third-order valence-electron chi connectivity index (χ3n) is 4.90. The molecule has 0 amide bonds. The first kappa shape index (κ1) is 17.2. The van der Waals surface area contributed by atoms with Crippen LogP contribution in [-0.2, 0) is 13.6 Å². The minimum Gasteiger partial charge on any atom is -0.497 e. The molecule has 0 saturated carbocycles. The number of methoxy groups -OCH3 is 1. The van der Waals surface area contributed by atoms with Gasteiger partial charge in [-0.1, -0.05) is 30.3 Å². The van der Waals surface area contributed by atoms with E-state index in [1.54, 1.807) is 7.11 Å². The van der Waals surface area contributed by atoms with Crippen LogP contribution in [0.15, 0.2) is 72.9 Å². The standard InChI is InChI=1S/C23H24N3O/c1-17-13-14-26-21(15-17)25(2)22(19-9-11-20(27-3)12-10-19)23(26)24-16-18-7-5-4-6-8-18/h4-15,24H,16H2,1-3H3/q+1. The first-order chi connectivity index (χ1) is 13.2. The number of hydrogen-bond acceptors (Lipinski definition) is 2. The number of fused-ring (bicyclic) bond motifs is 1. The molecule has 4 heteroatoms. The molecule has 4 nitrogen and oxygen atoms in total. The van der Waals surface area contributed by atoms with Crippen molar-refractivity contribution < 1.29 is 9.14 Å². The molecule has 0 atom stereocenters. The van der Waals surface area contributed by atoms with Crippen LogP contribution >= 0.6 is 0 Å². The van der Waals surface area contributed by atoms with Gasteiger partial charge in [-0.05, 0) is 48.4 Å². The van der Waals surface area contributed by atoms with Crippen LogP contribution in [0, 0.1) is 6.92 Å². The maximum absolute atomic E-state index is 5.32. The minimum absolute atomic E-state index is 0.768. The van der Waals surface area contributed by atoms with E-state index in [0.717, 1.165) is 35.0 Å². The van der Waals surface area contributed by atoms with Gasteiger partial charge in [0.2, 0.25) is 5.65 Å². The van der Waals surface area contributed by atoms with Crippen LogP contribution in [0.4, 0.5) is 5.82 Å². The molecule has 0 unspecified atom stereocenters. The Hall–Kier alpha value is -3.27. The number of anilines is 1. The molecule has 1 N–H and O–H groups in total. The van der Waals surface area contributed by atoms with Crippen molar-refractivity contribution in [3.63, 3.8) is 0 Å². The lowest BCUT2D eigenvalue weighted by molar-refractivity contribution is -0.495. The second-order valence-corrected chi connectivity index (χ2v) is 6.76. The molecule has 0 radical (unpaired) electrons. The smallest absolute Gasteiger partial charge is 0.267 e. The molecular weight excluding hydrogens is 334 g/mol. The number of benzene rings is 2. The highest BCUT2D eigenvalue weighted by Crippen LogP contribution is 2.29. The van der Waals surface area contributed by atoms with Crippen molar-refractivity contribution in [2.75, 3.05) is 12.4 Å². The molecule has 0 fully saturated rings. The molecule has 136 valence electrons. The van der Waals surface area contributed by atoms with Crippen LogP contribution in [0.25, 0.3) is 16.9 Å². The van der Waals surface area contributed by atoms with Gasteiger partial charge in [0.05, 0.1) is 26.9 Å². The predicted molar refractivity (Wildman–Crippen MR) is 109 cm³/mol. The Bertz CT molecular complexity index is 1070. The lowest BCUT2D eigenvalue weighted by Gasteiger charge is -2.05. The van der Waals surface area contributed by atoms with E-state index >= 15 is 0 Å². The largest absolute Gasteiger partial charge is 0.497 e. The van der Waals surface area contributed by atoms with Crippen molar-refractivity contribution in [3.8, 4) is 17.0 Å². The maximum Gasteiger partial charge on any atom is 0.267 e. The highest BCUT2D eigenvalue weighted by atomic mass is 16.5. The Morgan fingerprint density at radius 1 is 1.00 bits per heavy atom. The molecule has 4 aromatic rings. The number of rotatable bonds is 5. The van der Waals surface area contributed by atoms with Crippen LogP contribution in [0.2, 0.25) is 0 Å². The van der Waals surface area contributed by atoms with Crippen molar-refractivity contribution in [2.24, 2.45) is 7.05 Å². The molecule has 2 heterocycles. The van der Waals surface area contributed by atoms with Gasteiger partial charge in [0.1, 0.15) is 5.75 Å². The van der Waals surface area contributed by atoms with Gasteiger partial charge >= 0.3 is 0 Å². The van der Waals surface area contributed by atoms with Gasteiger partial charge in [-0.2, -0.15) is 0 Å². The molecule has 27 heavy (non-hydrogen) atoms. The summed E-state index contributed by atoms with van der Waals surface area (Å²) in [6.07, 6.45) is 2.13. The zero-order valence-electron chi connectivity index (χ0n) is 15.9. The molecule has 2 aromatic carbocycles. The molecule has 0 aliphatic heterocycles. The van der Waals surface area contributed by atoms with Crippen LogP contribution in [0.5, 0.6) is 5.75 Å². The third-order valence-corrected chi connectivity index (χ3v) is 4.90. The molecule has 0 bridgehead atoms. The zero-order valence-corrected chi connectivity index (χ0v) is 15.9. The molecule has 2 aromatic heterocycles. The van der Waals surface area contributed by atoms with Gasteiger partial charge in [0.15, 0.2) is 5.69 Å². The normalized spacial score (nSPS) is 10.9. The summed E-state index contributed by atoms with van der Waals surface area (Å²) in [5.41, 5.74) is 5.94. The molecular formula is C23H24N3O+. The number of ether oxygens (including phenoxy) is 1. The summed E-state index contributed by atoms with van der Waals surface area (Å²) in [6, 6.07) is 23.0. The molecule has 0 saturated heterocycles. The summed E-state index contributed by atoms with van der Waals surface area (Å²) in [4.78, 5) is 0. The Balaban J connectivity index is 1.83. The van der Waals surface area contributed by atoms with Gasteiger partial charge in [0.25, 0.3) is 5.82 Å². The van der Waals surface area contributed by atoms with Crippen molar-refractivity contribution in [1.29, 1.82) is 0 Å². The maximum atomic E-state index is 5.32. The van der Waals surface area contributed by atoms with Crippen LogP contribution in [-0.4, -0.2) is 11.7 Å². The minimum atomic E-state index is 0.768. The average Bonchev–Trinajstić information content (AvgIpc) is 2.98. The number of imidazole rings is 1. The topological polar surface area (TPSA) is 30.3 Å². The summed E-state index contributed by atoms with van der Waals surface area (Å²) in [5.74, 6) is 1.95. The number of aryl methyl sites for hydroxylation is 2. The highest BCUT2D eigenvalue weighted by Gasteiger charge is 2.23. The summed E-state index contributed by atoms with van der Waals surface area (Å²) in [7, 11) is 3.80. The van der Waals surface area contributed by atoms with Gasteiger partial charge in [-0.15, -0.1) is 0 Å². The van der Waals surface area contributed by atoms with E-state index in [1.165, 1.54) is 11.1 Å². The van der Waals surface area contributed by atoms with E-state index in [2.05, 4.69) is 83.0 Å². The fourth-order valence-corrected chi connectivity index (χ4v) is 3.45. The summed E-state index contributed by atoms with van der Waals surface area (Å²) >= 11 is 0. The fourth-order valence-electron chi connectivity index (χ4n) is 3.45. The van der Waals surface area contributed by atoms with E-state index in [-0.39, 0.29) is 0 Å². The summed E-state index contributed by atoms with van der Waals surface area (Å²) < 4.78 is 9.77. The lowest BCUT2D eigenvalue weighted by atomic mass is 10.1. The van der Waals surface area contributed by atoms with E-state index < -0.39 is 0 Å². The molecule has 0 aliphatic carbocycles. The number of pyridine rings is 1. The Kier molecular flexibility index (Phi) is 4.55. The number of nitrogens with one attached hydrogen (secondary N) is 1. The van der Waals surface area contributed by atoms with E-state index in [0.29, 0.717) is 0 Å². The number of aromatic nitrogens is 2. The predicted octanol–water partition coefficient (Wildman–Crippen LogP) is 4.36. The lowest BCUT2D eigenvalue weighted by Crippen LogP contribution is -2.24. The molecule has 4 rings (SSSR count). The Labute approximate surface area is 159 Å². The SMILES string of the molecule is COc1ccc(-c2c(NCc3ccccc3)[n+]3ccc(C)cc3n2C)cc1. The van der Waals surface area contributed by atoms with Crippen molar-refractivity contribution in [1.82, 2.24) is 4.57 Å². The first-order valence-corrected chi connectivity index (χ1v) is 9.10. The van der Waals surface area contributed by atoms with E-state index in [9.17, 15) is 0 Å². The van der Waals surface area contributed by atoms with Gasteiger partial charge in [-0.3, -0.25) is 9.88 Å². The second-order valence-electron chi connectivity index (χ2n) is 6.76.